The number of ether oxygens (including phenoxy) is 4. The van der Waals surface area contributed by atoms with Crippen LogP contribution in [0.15, 0.2) is 84.6 Å². The molecule has 0 amide bonds. The van der Waals surface area contributed by atoms with Crippen LogP contribution in [0.4, 0.5) is 0 Å². The smallest absolute Gasteiger partial charge is 0.331 e. The fourth-order valence-corrected chi connectivity index (χ4v) is 4.94. The fourth-order valence-electron chi connectivity index (χ4n) is 4.94. The number of carbonyl (C=O) groups excluding carboxylic acids is 1. The number of fused-ring (bicyclic) bond motifs is 2. The highest BCUT2D eigenvalue weighted by atomic mass is 16.9. The predicted molar refractivity (Wildman–Crippen MR) is 122 cm³/mol. The van der Waals surface area contributed by atoms with Crippen LogP contribution in [0.1, 0.15) is 51.2 Å². The Hall–Kier alpha value is -3.41. The van der Waals surface area contributed by atoms with Crippen LogP contribution in [0.5, 0.6) is 5.75 Å². The lowest BCUT2D eigenvalue weighted by atomic mass is 9.92. The van der Waals surface area contributed by atoms with Gasteiger partial charge in [-0.2, -0.15) is 0 Å². The van der Waals surface area contributed by atoms with E-state index in [-0.39, 0.29) is 24.4 Å². The molecule has 3 atom stereocenters. The molecule has 1 saturated heterocycles. The number of rotatable bonds is 2. The summed E-state index contributed by atoms with van der Waals surface area (Å²) in [5.74, 6) is -0.855. The Kier molecular flexibility index (Phi) is 4.64. The number of hydrogen-bond donors (Lipinski definition) is 0. The fraction of sp³-hybridized carbons (Fsp3) is 0.250. The molecule has 1 spiro atoms. The van der Waals surface area contributed by atoms with Gasteiger partial charge in [0.05, 0.1) is 17.6 Å². The SMILES string of the molecule is Cc1ccccc1[C@@H]1OC2(C[C@@H]3Oc4ccccc4C(=O)C3=CO2)O[C@H]1c1ccccc1C. The van der Waals surface area contributed by atoms with Gasteiger partial charge in [0.25, 0.3) is 0 Å². The van der Waals surface area contributed by atoms with Crippen LogP contribution in [0.2, 0.25) is 0 Å². The van der Waals surface area contributed by atoms with E-state index in [4.69, 9.17) is 18.9 Å². The van der Waals surface area contributed by atoms with Gasteiger partial charge in [0.15, 0.2) is 5.78 Å². The Morgan fingerprint density at radius 1 is 0.788 bits per heavy atom. The summed E-state index contributed by atoms with van der Waals surface area (Å²) in [5, 5.41) is 0. The maximum absolute atomic E-state index is 13.0. The van der Waals surface area contributed by atoms with Crippen LogP contribution in [-0.2, 0) is 14.2 Å². The Labute approximate surface area is 192 Å². The number of hydrogen-bond acceptors (Lipinski definition) is 5. The minimum absolute atomic E-state index is 0.0828. The number of benzene rings is 3. The minimum atomic E-state index is -1.35. The van der Waals surface area contributed by atoms with Gasteiger partial charge in [0.2, 0.25) is 0 Å². The van der Waals surface area contributed by atoms with E-state index in [9.17, 15) is 4.79 Å². The van der Waals surface area contributed by atoms with E-state index in [1.54, 1.807) is 6.07 Å². The van der Waals surface area contributed by atoms with Gasteiger partial charge < -0.3 is 18.9 Å². The maximum Gasteiger partial charge on any atom is 0.331 e. The summed E-state index contributed by atoms with van der Waals surface area (Å²) in [6.45, 7) is 4.14. The Morgan fingerprint density at radius 3 is 2.00 bits per heavy atom. The Balaban J connectivity index is 1.39. The van der Waals surface area contributed by atoms with Gasteiger partial charge in [0.1, 0.15) is 30.3 Å². The topological polar surface area (TPSA) is 54.0 Å². The van der Waals surface area contributed by atoms with E-state index >= 15 is 0 Å². The first-order chi connectivity index (χ1) is 16.0. The molecule has 0 saturated carbocycles. The van der Waals surface area contributed by atoms with Crippen molar-refractivity contribution in [3.05, 3.63) is 112 Å². The largest absolute Gasteiger partial charge is 0.484 e. The number of carbonyl (C=O) groups is 1. The molecule has 5 heteroatoms. The van der Waals surface area contributed by atoms with Crippen molar-refractivity contribution in [3.63, 3.8) is 0 Å². The number of aryl methyl sites for hydroxylation is 2. The van der Waals surface area contributed by atoms with Gasteiger partial charge in [-0.3, -0.25) is 4.79 Å². The third kappa shape index (κ3) is 3.27. The lowest BCUT2D eigenvalue weighted by molar-refractivity contribution is -0.334. The van der Waals surface area contributed by atoms with E-state index in [2.05, 4.69) is 38.1 Å². The molecule has 0 unspecified atom stereocenters. The molecular weight excluding hydrogens is 416 g/mol. The third-order valence-electron chi connectivity index (χ3n) is 6.69. The van der Waals surface area contributed by atoms with Crippen LogP contribution in [0, 0.1) is 13.8 Å². The molecule has 33 heavy (non-hydrogen) atoms. The van der Waals surface area contributed by atoms with E-state index in [1.807, 2.05) is 42.5 Å². The standard InChI is InChI=1S/C28H24O5/c1-17-9-3-5-11-19(17)26-27(20-12-6-4-10-18(20)2)33-28(32-26)15-24-22(16-30-28)25(29)21-13-7-8-14-23(21)31-24/h3-14,16,24,26-27H,15H2,1-2H3/t24-,26-,27-/m0/s1. The second-order valence-electron chi connectivity index (χ2n) is 8.80. The molecule has 3 heterocycles. The van der Waals surface area contributed by atoms with Crippen molar-refractivity contribution in [1.82, 2.24) is 0 Å². The van der Waals surface area contributed by atoms with E-state index in [1.165, 1.54) is 6.26 Å². The molecule has 0 N–H and O–H groups in total. The van der Waals surface area contributed by atoms with Gasteiger partial charge in [-0.1, -0.05) is 60.7 Å². The summed E-state index contributed by atoms with van der Waals surface area (Å²) < 4.78 is 25.4. The summed E-state index contributed by atoms with van der Waals surface area (Å²) in [4.78, 5) is 13.0. The van der Waals surface area contributed by atoms with Crippen molar-refractivity contribution in [2.45, 2.75) is 44.6 Å². The summed E-state index contributed by atoms with van der Waals surface area (Å²) in [7, 11) is 0. The van der Waals surface area contributed by atoms with Crippen LogP contribution >= 0.6 is 0 Å². The maximum atomic E-state index is 13.0. The zero-order valence-electron chi connectivity index (χ0n) is 18.5. The van der Waals surface area contributed by atoms with Crippen molar-refractivity contribution < 1.29 is 23.7 Å². The highest BCUT2D eigenvalue weighted by Crippen LogP contribution is 2.53. The first kappa shape index (κ1) is 20.2. The molecule has 0 aliphatic carbocycles. The monoisotopic (exact) mass is 440 g/mol. The van der Waals surface area contributed by atoms with Gasteiger partial charge in [-0.05, 0) is 48.2 Å². The van der Waals surface area contributed by atoms with Crippen molar-refractivity contribution in [2.75, 3.05) is 0 Å². The Bertz CT molecular complexity index is 1220. The van der Waals surface area contributed by atoms with Crippen LogP contribution in [0.3, 0.4) is 0 Å². The molecule has 3 aromatic carbocycles. The van der Waals surface area contributed by atoms with Crippen LogP contribution in [-0.4, -0.2) is 17.9 Å². The van der Waals surface area contributed by atoms with E-state index in [0.717, 1.165) is 22.3 Å². The average Bonchev–Trinajstić information content (AvgIpc) is 3.18. The summed E-state index contributed by atoms with van der Waals surface area (Å²) in [5.41, 5.74) is 5.36. The lowest BCUT2D eigenvalue weighted by Crippen LogP contribution is -2.45. The second-order valence-corrected chi connectivity index (χ2v) is 8.80. The van der Waals surface area contributed by atoms with Crippen molar-refractivity contribution >= 4 is 5.78 Å². The lowest BCUT2D eigenvalue weighted by Gasteiger charge is -2.37. The molecule has 0 radical (unpaired) electrons. The van der Waals surface area contributed by atoms with Crippen molar-refractivity contribution in [1.29, 1.82) is 0 Å². The molecule has 0 bridgehead atoms. The molecule has 3 aromatic rings. The van der Waals surface area contributed by atoms with Gasteiger partial charge in [-0.25, -0.2) is 0 Å². The van der Waals surface area contributed by atoms with Gasteiger partial charge in [-0.15, -0.1) is 0 Å². The first-order valence-corrected chi connectivity index (χ1v) is 11.2. The molecule has 166 valence electrons. The first-order valence-electron chi connectivity index (χ1n) is 11.2. The Morgan fingerprint density at radius 2 is 1.36 bits per heavy atom. The third-order valence-corrected chi connectivity index (χ3v) is 6.69. The molecule has 6 rings (SSSR count). The van der Waals surface area contributed by atoms with Gasteiger partial charge in [0, 0.05) is 0 Å². The summed E-state index contributed by atoms with van der Waals surface area (Å²) in [6, 6.07) is 23.6. The minimum Gasteiger partial charge on any atom is -0.484 e. The zero-order valence-corrected chi connectivity index (χ0v) is 18.5. The molecule has 1 fully saturated rings. The number of Topliss-reactive ketones (excluding diaryl/α,β-unsaturated/α-hetero) is 1. The summed E-state index contributed by atoms with van der Waals surface area (Å²) in [6.07, 6.45) is 0.475. The second kappa shape index (κ2) is 7.58. The molecule has 3 aliphatic heterocycles. The van der Waals surface area contributed by atoms with E-state index < -0.39 is 12.1 Å². The number of ketones is 1. The number of para-hydroxylation sites is 1. The quantitative estimate of drug-likeness (QED) is 0.509. The molecule has 5 nitrogen and oxygen atoms in total. The molecule has 3 aliphatic rings. The normalized spacial score (nSPS) is 25.0. The van der Waals surface area contributed by atoms with E-state index in [0.29, 0.717) is 16.9 Å². The highest BCUT2D eigenvalue weighted by Gasteiger charge is 2.56. The molecule has 0 aromatic heterocycles. The van der Waals surface area contributed by atoms with Crippen molar-refractivity contribution in [3.8, 4) is 5.75 Å². The van der Waals surface area contributed by atoms with Crippen LogP contribution < -0.4 is 4.74 Å². The average molecular weight is 440 g/mol. The zero-order chi connectivity index (χ0) is 22.6. The van der Waals surface area contributed by atoms with Crippen LogP contribution in [0.25, 0.3) is 0 Å². The van der Waals surface area contributed by atoms with Gasteiger partial charge >= 0.3 is 5.97 Å². The highest BCUT2D eigenvalue weighted by molar-refractivity contribution is 6.12. The van der Waals surface area contributed by atoms with Crippen molar-refractivity contribution in [2.24, 2.45) is 0 Å². The molecular formula is C28H24O5. The predicted octanol–water partition coefficient (Wildman–Crippen LogP) is 5.73. The summed E-state index contributed by atoms with van der Waals surface area (Å²) >= 11 is 0.